The number of morpholine rings is 1. The van der Waals surface area contributed by atoms with Gasteiger partial charge in [0.05, 0.1) is 38.1 Å². The van der Waals surface area contributed by atoms with E-state index in [9.17, 15) is 9.59 Å². The first-order valence-corrected chi connectivity index (χ1v) is 16.5. The van der Waals surface area contributed by atoms with Crippen molar-refractivity contribution in [2.45, 2.75) is 18.5 Å². The molecular formula is C38H37FN6O5. The largest absolute Gasteiger partial charge is 0.493 e. The van der Waals surface area contributed by atoms with Crippen molar-refractivity contribution in [3.63, 3.8) is 0 Å². The van der Waals surface area contributed by atoms with Gasteiger partial charge in [-0.1, -0.05) is 54.6 Å². The lowest BCUT2D eigenvalue weighted by Crippen LogP contribution is -2.56. The van der Waals surface area contributed by atoms with E-state index in [4.69, 9.17) is 19.9 Å². The standard InChI is InChI=1S/C38H37FN6O5/c1-48-33-22-32-29(21-34(33)50-17-7-14-44-15-18-49-19-16-44)35(42-24-41-32)43-31-13-12-27(20-30(31)39)38(37(40)47,26-9-3-2-4-10-26)45-23-25-8-5-6-11-28(25)36(45)46/h2-6,8-13,20-22,24H,7,14-19,23H2,1H3,(H2,40,47)(H,41,42,43). The van der Waals surface area contributed by atoms with Crippen LogP contribution in [0.3, 0.4) is 0 Å². The Morgan fingerprint density at radius 2 is 1.76 bits per heavy atom. The number of benzene rings is 4. The van der Waals surface area contributed by atoms with Crippen molar-refractivity contribution in [1.29, 1.82) is 0 Å². The van der Waals surface area contributed by atoms with E-state index in [0.717, 1.165) is 44.8 Å². The lowest BCUT2D eigenvalue weighted by atomic mass is 9.80. The Labute approximate surface area is 288 Å². The molecule has 3 N–H and O–H groups in total. The van der Waals surface area contributed by atoms with E-state index in [1.54, 1.807) is 67.8 Å². The number of nitrogens with one attached hydrogen (secondary N) is 1. The normalized spacial score (nSPS) is 15.8. The van der Waals surface area contributed by atoms with Gasteiger partial charge in [0.25, 0.3) is 11.8 Å². The molecule has 2 aliphatic heterocycles. The van der Waals surface area contributed by atoms with Crippen LogP contribution in [0.15, 0.2) is 91.3 Å². The van der Waals surface area contributed by atoms with Crippen molar-refractivity contribution in [3.8, 4) is 11.5 Å². The van der Waals surface area contributed by atoms with Crippen molar-refractivity contribution in [1.82, 2.24) is 19.8 Å². The molecule has 0 saturated carbocycles. The van der Waals surface area contributed by atoms with Gasteiger partial charge in [0.15, 0.2) is 17.0 Å². The second-order valence-corrected chi connectivity index (χ2v) is 12.2. The third-order valence-electron chi connectivity index (χ3n) is 9.32. The van der Waals surface area contributed by atoms with Gasteiger partial charge in [-0.2, -0.15) is 0 Å². The van der Waals surface area contributed by atoms with E-state index in [2.05, 4.69) is 20.2 Å². The van der Waals surface area contributed by atoms with E-state index in [1.165, 1.54) is 23.4 Å². The zero-order valence-corrected chi connectivity index (χ0v) is 27.6. The molecule has 1 aromatic heterocycles. The molecule has 12 heteroatoms. The average Bonchev–Trinajstić information content (AvgIpc) is 3.48. The molecule has 1 unspecified atom stereocenters. The molecule has 0 bridgehead atoms. The highest BCUT2D eigenvalue weighted by Crippen LogP contribution is 2.43. The second-order valence-electron chi connectivity index (χ2n) is 12.2. The number of primary amides is 1. The number of halogens is 1. The Kier molecular flexibility index (Phi) is 9.29. The van der Waals surface area contributed by atoms with Gasteiger partial charge in [-0.25, -0.2) is 14.4 Å². The third-order valence-corrected chi connectivity index (χ3v) is 9.32. The van der Waals surface area contributed by atoms with Crippen LogP contribution in [0, 0.1) is 5.82 Å². The van der Waals surface area contributed by atoms with E-state index >= 15 is 4.39 Å². The summed E-state index contributed by atoms with van der Waals surface area (Å²) in [6.45, 7) is 4.79. The molecule has 1 saturated heterocycles. The number of carbonyl (C=O) groups is 2. The molecule has 50 heavy (non-hydrogen) atoms. The fourth-order valence-electron chi connectivity index (χ4n) is 6.80. The number of ether oxygens (including phenoxy) is 3. The molecule has 256 valence electrons. The Balaban J connectivity index is 1.20. The number of nitrogens with zero attached hydrogens (tertiary/aromatic N) is 4. The molecule has 11 nitrogen and oxygen atoms in total. The van der Waals surface area contributed by atoms with Crippen LogP contribution in [-0.4, -0.2) is 78.1 Å². The topological polar surface area (TPSA) is 132 Å². The minimum atomic E-state index is -1.79. The Bertz CT molecular complexity index is 2040. The summed E-state index contributed by atoms with van der Waals surface area (Å²) in [7, 11) is 1.56. The molecule has 4 aromatic carbocycles. The molecule has 2 aliphatic rings. The Hall–Kier alpha value is -5.59. The van der Waals surface area contributed by atoms with Gasteiger partial charge in [-0.05, 0) is 47.4 Å². The minimum absolute atomic E-state index is 0.0972. The van der Waals surface area contributed by atoms with Crippen LogP contribution < -0.4 is 20.5 Å². The predicted octanol–water partition coefficient (Wildman–Crippen LogP) is 5.01. The van der Waals surface area contributed by atoms with Crippen molar-refractivity contribution in [2.24, 2.45) is 5.73 Å². The van der Waals surface area contributed by atoms with E-state index in [1.807, 2.05) is 12.1 Å². The Morgan fingerprint density at radius 1 is 0.980 bits per heavy atom. The fraction of sp³-hybridized carbons (Fsp3) is 0.263. The molecule has 1 atom stereocenters. The van der Waals surface area contributed by atoms with Gasteiger partial charge in [0.1, 0.15) is 18.0 Å². The first kappa shape index (κ1) is 32.9. The van der Waals surface area contributed by atoms with Crippen LogP contribution in [0.5, 0.6) is 11.5 Å². The molecule has 0 spiro atoms. The number of nitrogens with two attached hydrogens (primary N) is 1. The molecule has 0 aliphatic carbocycles. The number of amides is 2. The third kappa shape index (κ3) is 6.08. The van der Waals surface area contributed by atoms with Crippen molar-refractivity contribution in [2.75, 3.05) is 51.9 Å². The summed E-state index contributed by atoms with van der Waals surface area (Å²) in [4.78, 5) is 40.0. The van der Waals surface area contributed by atoms with Gasteiger partial charge in [-0.15, -0.1) is 0 Å². The fourth-order valence-corrected chi connectivity index (χ4v) is 6.80. The van der Waals surface area contributed by atoms with Crippen LogP contribution in [0.2, 0.25) is 0 Å². The SMILES string of the molecule is COc1cc2ncnc(Nc3ccc(C(C(N)=O)(c4ccccc4)N4Cc5ccccc5C4=O)cc3F)c2cc1OCCCN1CCOCC1. The van der Waals surface area contributed by atoms with Crippen molar-refractivity contribution < 1.29 is 28.2 Å². The van der Waals surface area contributed by atoms with E-state index in [-0.39, 0.29) is 23.7 Å². The lowest BCUT2D eigenvalue weighted by molar-refractivity contribution is -0.127. The summed E-state index contributed by atoms with van der Waals surface area (Å²) in [6.07, 6.45) is 2.20. The average molecular weight is 677 g/mol. The monoisotopic (exact) mass is 676 g/mol. The Morgan fingerprint density at radius 3 is 2.50 bits per heavy atom. The van der Waals surface area contributed by atoms with Crippen LogP contribution >= 0.6 is 0 Å². The molecule has 3 heterocycles. The van der Waals surface area contributed by atoms with Crippen molar-refractivity contribution in [3.05, 3.63) is 119 Å². The number of fused-ring (bicyclic) bond motifs is 2. The summed E-state index contributed by atoms with van der Waals surface area (Å²) in [5.41, 5.74) is 6.95. The molecule has 2 amide bonds. The molecular weight excluding hydrogens is 639 g/mol. The molecule has 1 fully saturated rings. The lowest BCUT2D eigenvalue weighted by Gasteiger charge is -2.40. The van der Waals surface area contributed by atoms with Crippen molar-refractivity contribution >= 4 is 34.2 Å². The molecule has 0 radical (unpaired) electrons. The summed E-state index contributed by atoms with van der Waals surface area (Å²) in [6, 6.07) is 23.8. The summed E-state index contributed by atoms with van der Waals surface area (Å²) < 4.78 is 33.4. The maximum atomic E-state index is 16.2. The maximum absolute atomic E-state index is 16.2. The summed E-state index contributed by atoms with van der Waals surface area (Å²) in [5, 5.41) is 3.69. The van der Waals surface area contributed by atoms with Gasteiger partial charge < -0.3 is 30.2 Å². The number of carbonyl (C=O) groups excluding carboxylic acids is 2. The van der Waals surface area contributed by atoms with Crippen LogP contribution in [0.4, 0.5) is 15.9 Å². The van der Waals surface area contributed by atoms with Gasteiger partial charge in [0.2, 0.25) is 0 Å². The molecule has 5 aromatic rings. The summed E-state index contributed by atoms with van der Waals surface area (Å²) in [5.74, 6) is -0.469. The maximum Gasteiger partial charge on any atom is 0.255 e. The number of anilines is 2. The zero-order chi connectivity index (χ0) is 34.7. The van der Waals surface area contributed by atoms with Gasteiger partial charge >= 0.3 is 0 Å². The van der Waals surface area contributed by atoms with Crippen LogP contribution in [0.25, 0.3) is 10.9 Å². The zero-order valence-electron chi connectivity index (χ0n) is 27.6. The number of rotatable bonds is 12. The van der Waals surface area contributed by atoms with Crippen LogP contribution in [0.1, 0.15) is 33.5 Å². The first-order valence-electron chi connectivity index (χ1n) is 16.5. The smallest absolute Gasteiger partial charge is 0.255 e. The number of hydrogen-bond donors (Lipinski definition) is 2. The first-order chi connectivity index (χ1) is 24.4. The second kappa shape index (κ2) is 14.1. The minimum Gasteiger partial charge on any atom is -0.493 e. The summed E-state index contributed by atoms with van der Waals surface area (Å²) >= 11 is 0. The highest BCUT2D eigenvalue weighted by Gasteiger charge is 2.51. The number of methoxy groups -OCH3 is 1. The number of hydrogen-bond acceptors (Lipinski definition) is 9. The van der Waals surface area contributed by atoms with Crippen LogP contribution in [-0.2, 0) is 21.6 Å². The molecule has 7 rings (SSSR count). The number of aromatic nitrogens is 2. The predicted molar refractivity (Wildman–Crippen MR) is 186 cm³/mol. The van der Waals surface area contributed by atoms with E-state index in [0.29, 0.717) is 46.0 Å². The highest BCUT2D eigenvalue weighted by atomic mass is 19.1. The van der Waals surface area contributed by atoms with Gasteiger partial charge in [0, 0.05) is 43.2 Å². The van der Waals surface area contributed by atoms with Gasteiger partial charge in [-0.3, -0.25) is 14.5 Å². The quantitative estimate of drug-likeness (QED) is 0.175. The highest BCUT2D eigenvalue weighted by molar-refractivity contribution is 6.04. The van der Waals surface area contributed by atoms with E-state index < -0.39 is 17.3 Å².